The number of thiocarbonyl (C=S) groups is 1. The minimum atomic E-state index is -0.510. The van der Waals surface area contributed by atoms with Crippen LogP contribution in [-0.2, 0) is 0 Å². The third-order valence-electron chi connectivity index (χ3n) is 3.12. The summed E-state index contributed by atoms with van der Waals surface area (Å²) in [6, 6.07) is 12.1. The van der Waals surface area contributed by atoms with Gasteiger partial charge in [-0.3, -0.25) is 15.5 Å². The van der Waals surface area contributed by atoms with Gasteiger partial charge in [0.15, 0.2) is 16.6 Å². The van der Waals surface area contributed by atoms with E-state index in [1.165, 1.54) is 18.3 Å². The molecule has 0 fully saturated rings. The van der Waals surface area contributed by atoms with Crippen LogP contribution in [0, 0.1) is 10.1 Å². The van der Waals surface area contributed by atoms with Crippen LogP contribution >= 0.6 is 12.2 Å². The molecule has 1 aliphatic heterocycles. The molecule has 0 aromatic heterocycles. The molecule has 0 amide bonds. The molecule has 0 aliphatic carbocycles. The summed E-state index contributed by atoms with van der Waals surface area (Å²) in [5.41, 5.74) is 3.56. The lowest BCUT2D eigenvalue weighted by molar-refractivity contribution is -0.385. The van der Waals surface area contributed by atoms with E-state index in [-0.39, 0.29) is 23.2 Å². The lowest BCUT2D eigenvalue weighted by Gasteiger charge is -2.06. The molecule has 0 saturated carbocycles. The van der Waals surface area contributed by atoms with Crippen molar-refractivity contribution in [2.24, 2.45) is 5.10 Å². The number of hydrogen-bond acceptors (Lipinski definition) is 6. The number of rotatable bonds is 4. The van der Waals surface area contributed by atoms with Crippen LogP contribution in [0.25, 0.3) is 0 Å². The van der Waals surface area contributed by atoms with E-state index in [1.807, 2.05) is 30.3 Å². The standard InChI is InChI=1S/C15H12N4O4S/c20-19(21)12-7-14-13(22-9-23-14)6-10(12)8-16-18-15(24)17-11-4-2-1-3-5-11/h1-8H,9H2,(H2,17,18,24). The Kier molecular flexibility index (Phi) is 4.52. The van der Waals surface area contributed by atoms with Gasteiger partial charge < -0.3 is 14.8 Å². The van der Waals surface area contributed by atoms with E-state index in [2.05, 4.69) is 15.8 Å². The molecule has 9 heteroatoms. The number of hydrazone groups is 1. The van der Waals surface area contributed by atoms with Crippen molar-refractivity contribution < 1.29 is 14.4 Å². The van der Waals surface area contributed by atoms with Gasteiger partial charge in [0.05, 0.1) is 22.8 Å². The van der Waals surface area contributed by atoms with Crippen LogP contribution in [0.1, 0.15) is 5.56 Å². The molecular weight excluding hydrogens is 332 g/mol. The molecule has 8 nitrogen and oxygen atoms in total. The van der Waals surface area contributed by atoms with E-state index in [1.54, 1.807) is 0 Å². The summed E-state index contributed by atoms with van der Waals surface area (Å²) < 4.78 is 10.4. The van der Waals surface area contributed by atoms with Crippen molar-refractivity contribution in [2.75, 3.05) is 12.1 Å². The van der Waals surface area contributed by atoms with E-state index in [0.29, 0.717) is 11.5 Å². The SMILES string of the molecule is O=[N+]([O-])c1cc2c(cc1C=NNC(=S)Nc1ccccc1)OCO2. The number of benzene rings is 2. The monoisotopic (exact) mass is 344 g/mol. The highest BCUT2D eigenvalue weighted by molar-refractivity contribution is 7.80. The smallest absolute Gasteiger partial charge is 0.282 e. The molecule has 0 radical (unpaired) electrons. The zero-order chi connectivity index (χ0) is 16.9. The van der Waals surface area contributed by atoms with Gasteiger partial charge in [-0.05, 0) is 30.4 Å². The fourth-order valence-corrected chi connectivity index (χ4v) is 2.22. The Labute approximate surface area is 142 Å². The Bertz CT molecular complexity index is 811. The lowest BCUT2D eigenvalue weighted by Crippen LogP contribution is -2.23. The van der Waals surface area contributed by atoms with E-state index < -0.39 is 4.92 Å². The van der Waals surface area contributed by atoms with Crippen molar-refractivity contribution in [3.63, 3.8) is 0 Å². The Morgan fingerprint density at radius 1 is 1.25 bits per heavy atom. The second-order valence-corrected chi connectivity index (χ2v) is 5.12. The number of anilines is 1. The molecule has 1 aliphatic rings. The first-order valence-electron chi connectivity index (χ1n) is 6.86. The zero-order valence-corrected chi connectivity index (χ0v) is 13.1. The van der Waals surface area contributed by atoms with Crippen LogP contribution in [0.4, 0.5) is 11.4 Å². The predicted octanol–water partition coefficient (Wildman–Crippen LogP) is 2.64. The van der Waals surface area contributed by atoms with E-state index in [0.717, 1.165) is 5.69 Å². The first-order chi connectivity index (χ1) is 11.6. The second-order valence-electron chi connectivity index (χ2n) is 4.71. The first-order valence-corrected chi connectivity index (χ1v) is 7.27. The topological polar surface area (TPSA) is 98.0 Å². The number of ether oxygens (including phenoxy) is 2. The summed E-state index contributed by atoms with van der Waals surface area (Å²) >= 11 is 5.10. The number of nitro benzene ring substituents is 1. The molecule has 122 valence electrons. The molecule has 1 heterocycles. The van der Waals surface area contributed by atoms with Crippen LogP contribution in [0.2, 0.25) is 0 Å². The molecule has 2 N–H and O–H groups in total. The Balaban J connectivity index is 1.70. The van der Waals surface area contributed by atoms with Crippen LogP contribution in [0.15, 0.2) is 47.6 Å². The summed E-state index contributed by atoms with van der Waals surface area (Å²) in [6.45, 7) is 0.0381. The normalized spacial score (nSPS) is 12.2. The van der Waals surface area contributed by atoms with E-state index >= 15 is 0 Å². The van der Waals surface area contributed by atoms with Crippen molar-refractivity contribution >= 4 is 34.9 Å². The van der Waals surface area contributed by atoms with Crippen molar-refractivity contribution in [1.82, 2.24) is 5.43 Å². The van der Waals surface area contributed by atoms with Crippen LogP contribution in [-0.4, -0.2) is 23.0 Å². The summed E-state index contributed by atoms with van der Waals surface area (Å²) in [6.07, 6.45) is 1.30. The maximum absolute atomic E-state index is 11.1. The van der Waals surface area contributed by atoms with E-state index in [9.17, 15) is 10.1 Å². The molecule has 0 bridgehead atoms. The Hall–Kier alpha value is -3.20. The minimum absolute atomic E-state index is 0.0381. The largest absolute Gasteiger partial charge is 0.454 e. The maximum atomic E-state index is 11.1. The molecule has 0 saturated heterocycles. The second kappa shape index (κ2) is 6.92. The number of hydrogen-bond donors (Lipinski definition) is 2. The summed E-state index contributed by atoms with van der Waals surface area (Å²) in [5, 5.41) is 18.3. The first kappa shape index (κ1) is 15.7. The van der Waals surface area contributed by atoms with Crippen molar-refractivity contribution in [3.8, 4) is 11.5 Å². The number of nitro groups is 1. The molecular formula is C15H12N4O4S. The van der Waals surface area contributed by atoms with Crippen molar-refractivity contribution in [2.45, 2.75) is 0 Å². The van der Waals surface area contributed by atoms with Gasteiger partial charge in [-0.25, -0.2) is 0 Å². The highest BCUT2D eigenvalue weighted by Crippen LogP contribution is 2.37. The van der Waals surface area contributed by atoms with E-state index in [4.69, 9.17) is 21.7 Å². The number of nitrogens with zero attached hydrogens (tertiary/aromatic N) is 2. The minimum Gasteiger partial charge on any atom is -0.454 e. The highest BCUT2D eigenvalue weighted by Gasteiger charge is 2.22. The summed E-state index contributed by atoms with van der Waals surface area (Å²) in [4.78, 5) is 10.6. The maximum Gasteiger partial charge on any atom is 0.282 e. The molecule has 3 rings (SSSR count). The number of nitrogens with one attached hydrogen (secondary N) is 2. The quantitative estimate of drug-likeness (QED) is 0.381. The van der Waals surface area contributed by atoms with Crippen LogP contribution < -0.4 is 20.2 Å². The predicted molar refractivity (Wildman–Crippen MR) is 92.6 cm³/mol. The molecule has 0 atom stereocenters. The fourth-order valence-electron chi connectivity index (χ4n) is 2.05. The summed E-state index contributed by atoms with van der Waals surface area (Å²) in [5.74, 6) is 0.778. The molecule has 2 aromatic carbocycles. The van der Waals surface area contributed by atoms with Gasteiger partial charge in [-0.1, -0.05) is 18.2 Å². The molecule has 24 heavy (non-hydrogen) atoms. The van der Waals surface area contributed by atoms with Crippen LogP contribution in [0.3, 0.4) is 0 Å². The average Bonchev–Trinajstić information content (AvgIpc) is 3.02. The van der Waals surface area contributed by atoms with Gasteiger partial charge in [-0.15, -0.1) is 0 Å². The molecule has 0 unspecified atom stereocenters. The van der Waals surface area contributed by atoms with Gasteiger partial charge in [0.2, 0.25) is 6.79 Å². The average molecular weight is 344 g/mol. The third kappa shape index (κ3) is 3.58. The van der Waals surface area contributed by atoms with Gasteiger partial charge in [0.25, 0.3) is 5.69 Å². The lowest BCUT2D eigenvalue weighted by atomic mass is 10.1. The summed E-state index contributed by atoms with van der Waals surface area (Å²) in [7, 11) is 0. The van der Waals surface area contributed by atoms with Gasteiger partial charge in [0, 0.05) is 5.69 Å². The Morgan fingerprint density at radius 2 is 1.96 bits per heavy atom. The number of fused-ring (bicyclic) bond motifs is 1. The number of para-hydroxylation sites is 1. The third-order valence-corrected chi connectivity index (χ3v) is 3.31. The Morgan fingerprint density at radius 3 is 2.67 bits per heavy atom. The van der Waals surface area contributed by atoms with Crippen molar-refractivity contribution in [1.29, 1.82) is 0 Å². The van der Waals surface area contributed by atoms with Crippen molar-refractivity contribution in [3.05, 3.63) is 58.1 Å². The molecule has 0 spiro atoms. The fraction of sp³-hybridized carbons (Fsp3) is 0.0667. The van der Waals surface area contributed by atoms with Crippen LogP contribution in [0.5, 0.6) is 11.5 Å². The molecule has 2 aromatic rings. The van der Waals surface area contributed by atoms with Gasteiger partial charge in [-0.2, -0.15) is 5.10 Å². The zero-order valence-electron chi connectivity index (χ0n) is 12.3. The van der Waals surface area contributed by atoms with Gasteiger partial charge in [0.1, 0.15) is 0 Å². The van der Waals surface area contributed by atoms with Gasteiger partial charge >= 0.3 is 0 Å². The highest BCUT2D eigenvalue weighted by atomic mass is 32.1.